The Labute approximate surface area is 469 Å². The molecule has 2 atom stereocenters. The summed E-state index contributed by atoms with van der Waals surface area (Å²) in [5.41, 5.74) is 0. The van der Waals surface area contributed by atoms with Gasteiger partial charge in [-0.3, -0.25) is 9.59 Å². The number of ether oxygens (including phenoxy) is 1. The maximum Gasteiger partial charge on any atom is 0.305 e. The first-order valence-corrected chi connectivity index (χ1v) is 34.4. The quantitative estimate of drug-likeness (QED) is 0.0320. The fraction of sp³-hybridized carbons (Fsp3) is 0.942. The molecule has 6 heteroatoms. The molecule has 0 aromatic rings. The minimum atomic E-state index is -0.660. The van der Waals surface area contributed by atoms with Gasteiger partial charge in [0, 0.05) is 12.8 Å². The molecule has 0 aromatic heterocycles. The molecule has 0 fully saturated rings. The van der Waals surface area contributed by atoms with Crippen molar-refractivity contribution >= 4 is 11.9 Å². The molecule has 446 valence electrons. The first-order chi connectivity index (χ1) is 37.0. The Bertz CT molecular complexity index is 1130. The first-order valence-electron chi connectivity index (χ1n) is 34.4. The molecule has 0 aliphatic rings. The normalized spacial score (nSPS) is 12.5. The number of nitrogens with one attached hydrogen (secondary N) is 1. The number of rotatable bonds is 65. The van der Waals surface area contributed by atoms with Gasteiger partial charge in [-0.1, -0.05) is 341 Å². The molecule has 75 heavy (non-hydrogen) atoms. The van der Waals surface area contributed by atoms with Crippen LogP contribution < -0.4 is 5.32 Å². The number of aliphatic hydroxyl groups is 2. The SMILES string of the molecule is CCCCCCCCCCCCCCCCCCC(=O)OCCCCCCCCCCCCCC/C=C\CCCCCCCCCCCCCCCCCC(=O)NC(CO)C(O)CCCCCCCCCCCCC. The van der Waals surface area contributed by atoms with E-state index >= 15 is 0 Å². The largest absolute Gasteiger partial charge is 0.466 e. The third kappa shape index (κ3) is 61.7. The molecule has 6 nitrogen and oxygen atoms in total. The summed E-state index contributed by atoms with van der Waals surface area (Å²) in [5.74, 6) is -0.00986. The maximum atomic E-state index is 12.5. The predicted molar refractivity (Wildman–Crippen MR) is 329 cm³/mol. The number of carbonyl (C=O) groups excluding carboxylic acids is 2. The van der Waals surface area contributed by atoms with Crippen LogP contribution in [-0.4, -0.2) is 47.4 Å². The molecule has 0 aromatic carbocycles. The van der Waals surface area contributed by atoms with Gasteiger partial charge >= 0.3 is 5.97 Å². The van der Waals surface area contributed by atoms with E-state index in [4.69, 9.17) is 4.74 Å². The third-order valence-electron chi connectivity index (χ3n) is 16.3. The fourth-order valence-corrected chi connectivity index (χ4v) is 11.1. The number of esters is 1. The van der Waals surface area contributed by atoms with Crippen molar-refractivity contribution in [1.82, 2.24) is 5.32 Å². The van der Waals surface area contributed by atoms with Gasteiger partial charge in [0.1, 0.15) is 0 Å². The van der Waals surface area contributed by atoms with Crippen molar-refractivity contribution in [2.24, 2.45) is 0 Å². The van der Waals surface area contributed by atoms with Crippen LogP contribution in [0.5, 0.6) is 0 Å². The molecule has 0 radical (unpaired) electrons. The minimum absolute atomic E-state index is 0.0219. The lowest BCUT2D eigenvalue weighted by molar-refractivity contribution is -0.143. The maximum absolute atomic E-state index is 12.5. The van der Waals surface area contributed by atoms with Crippen molar-refractivity contribution in [3.63, 3.8) is 0 Å². The zero-order chi connectivity index (χ0) is 54.3. The van der Waals surface area contributed by atoms with Crippen LogP contribution in [0.3, 0.4) is 0 Å². The Morgan fingerprint density at radius 1 is 0.360 bits per heavy atom. The summed E-state index contributed by atoms with van der Waals surface area (Å²) in [7, 11) is 0. The van der Waals surface area contributed by atoms with Crippen LogP contribution in [0.25, 0.3) is 0 Å². The van der Waals surface area contributed by atoms with Crippen LogP contribution in [0.1, 0.15) is 393 Å². The van der Waals surface area contributed by atoms with Gasteiger partial charge in [0.15, 0.2) is 0 Å². The zero-order valence-electron chi connectivity index (χ0n) is 51.1. The van der Waals surface area contributed by atoms with E-state index in [0.717, 1.165) is 38.5 Å². The van der Waals surface area contributed by atoms with Crippen LogP contribution in [0, 0.1) is 0 Å². The third-order valence-corrected chi connectivity index (χ3v) is 16.3. The molecule has 1 amide bonds. The van der Waals surface area contributed by atoms with E-state index < -0.39 is 12.1 Å². The van der Waals surface area contributed by atoms with Gasteiger partial charge in [-0.25, -0.2) is 0 Å². The number of allylic oxidation sites excluding steroid dienone is 2. The summed E-state index contributed by atoms with van der Waals surface area (Å²) in [6.45, 7) is 4.98. The van der Waals surface area contributed by atoms with Crippen LogP contribution in [0.4, 0.5) is 0 Å². The average Bonchev–Trinajstić information content (AvgIpc) is 3.41. The lowest BCUT2D eigenvalue weighted by Crippen LogP contribution is -2.45. The lowest BCUT2D eigenvalue weighted by atomic mass is 10.0. The fourth-order valence-electron chi connectivity index (χ4n) is 11.1. The van der Waals surface area contributed by atoms with Crippen molar-refractivity contribution in [3.05, 3.63) is 12.2 Å². The van der Waals surface area contributed by atoms with Crippen LogP contribution in [0.15, 0.2) is 12.2 Å². The molecule has 0 rings (SSSR count). The number of carbonyl (C=O) groups is 2. The first kappa shape index (κ1) is 73.6. The summed E-state index contributed by atoms with van der Waals surface area (Å²) in [5, 5.41) is 23.2. The van der Waals surface area contributed by atoms with Gasteiger partial charge in [-0.05, 0) is 51.4 Å². The molecule has 0 heterocycles. The highest BCUT2D eigenvalue weighted by molar-refractivity contribution is 5.76. The summed E-state index contributed by atoms with van der Waals surface area (Å²) in [4.78, 5) is 24.5. The Morgan fingerprint density at radius 3 is 0.947 bits per heavy atom. The average molecular weight is 1060 g/mol. The number of hydrogen-bond acceptors (Lipinski definition) is 5. The van der Waals surface area contributed by atoms with Gasteiger partial charge in [0.05, 0.1) is 25.4 Å². The Balaban J connectivity index is 3.32. The number of amides is 1. The minimum Gasteiger partial charge on any atom is -0.466 e. The highest BCUT2D eigenvalue weighted by Crippen LogP contribution is 2.19. The van der Waals surface area contributed by atoms with Crippen LogP contribution in [0.2, 0.25) is 0 Å². The van der Waals surface area contributed by atoms with Gasteiger partial charge in [-0.15, -0.1) is 0 Å². The van der Waals surface area contributed by atoms with E-state index in [1.165, 1.54) is 321 Å². The highest BCUT2D eigenvalue weighted by atomic mass is 16.5. The molecule has 2 unspecified atom stereocenters. The summed E-state index contributed by atoms with van der Waals surface area (Å²) < 4.78 is 5.50. The van der Waals surface area contributed by atoms with Crippen LogP contribution >= 0.6 is 0 Å². The van der Waals surface area contributed by atoms with Crippen molar-refractivity contribution in [1.29, 1.82) is 0 Å². The summed E-state index contributed by atoms with van der Waals surface area (Å²) in [6.07, 6.45) is 79.8. The second-order valence-corrected chi connectivity index (χ2v) is 23.9. The van der Waals surface area contributed by atoms with Crippen LogP contribution in [-0.2, 0) is 14.3 Å². The molecule has 0 saturated carbocycles. The Hall–Kier alpha value is -1.40. The van der Waals surface area contributed by atoms with Gasteiger partial charge in [-0.2, -0.15) is 0 Å². The second-order valence-electron chi connectivity index (χ2n) is 23.9. The molecule has 0 aliphatic heterocycles. The topological polar surface area (TPSA) is 95.9 Å². The number of aliphatic hydroxyl groups excluding tert-OH is 2. The van der Waals surface area contributed by atoms with Gasteiger partial charge in [0.2, 0.25) is 5.91 Å². The molecular formula is C69H135NO5. The molecule has 3 N–H and O–H groups in total. The molecule has 0 bridgehead atoms. The second kappa shape index (κ2) is 65.1. The molecule has 0 saturated heterocycles. The summed E-state index contributed by atoms with van der Waals surface area (Å²) >= 11 is 0. The summed E-state index contributed by atoms with van der Waals surface area (Å²) in [6, 6.07) is -0.538. The lowest BCUT2D eigenvalue weighted by Gasteiger charge is -2.22. The van der Waals surface area contributed by atoms with E-state index in [1.807, 2.05) is 0 Å². The van der Waals surface area contributed by atoms with Gasteiger partial charge in [0.25, 0.3) is 0 Å². The number of unbranched alkanes of at least 4 members (excludes halogenated alkanes) is 52. The predicted octanol–water partition coefficient (Wildman–Crippen LogP) is 22.0. The Kier molecular flexibility index (Phi) is 63.9. The molecule has 0 aliphatic carbocycles. The standard InChI is InChI=1S/C69H135NO5/c1-3-5-7-9-11-13-15-16-17-36-39-43-47-51-55-59-63-69(74)75-64-60-56-52-48-44-40-37-34-32-30-28-26-24-22-20-18-19-21-23-25-27-29-31-33-35-38-42-46-50-54-58-62-68(73)70-66(65-71)67(72)61-57-53-49-45-41-14-12-10-8-6-4-2/h20,22,66-67,71-72H,3-19,21,23-65H2,1-2H3,(H,70,73)/b22-20-. The monoisotopic (exact) mass is 1060 g/mol. The molecular weight excluding hydrogens is 923 g/mol. The van der Waals surface area contributed by atoms with E-state index in [2.05, 4.69) is 31.3 Å². The zero-order valence-corrected chi connectivity index (χ0v) is 51.1. The van der Waals surface area contributed by atoms with Crippen molar-refractivity contribution in [2.45, 2.75) is 405 Å². The number of hydrogen-bond donors (Lipinski definition) is 3. The van der Waals surface area contributed by atoms with Crippen molar-refractivity contribution in [2.75, 3.05) is 13.2 Å². The smallest absolute Gasteiger partial charge is 0.305 e. The van der Waals surface area contributed by atoms with E-state index in [-0.39, 0.29) is 18.5 Å². The van der Waals surface area contributed by atoms with Crippen molar-refractivity contribution < 1.29 is 24.5 Å². The highest BCUT2D eigenvalue weighted by Gasteiger charge is 2.20. The van der Waals surface area contributed by atoms with E-state index in [9.17, 15) is 19.8 Å². The van der Waals surface area contributed by atoms with E-state index in [0.29, 0.717) is 25.9 Å². The molecule has 0 spiro atoms. The van der Waals surface area contributed by atoms with E-state index in [1.54, 1.807) is 0 Å². The Morgan fingerprint density at radius 2 is 0.627 bits per heavy atom. The van der Waals surface area contributed by atoms with Gasteiger partial charge < -0.3 is 20.3 Å². The van der Waals surface area contributed by atoms with Crippen molar-refractivity contribution in [3.8, 4) is 0 Å².